The second-order valence-electron chi connectivity index (χ2n) is 6.96. The summed E-state index contributed by atoms with van der Waals surface area (Å²) < 4.78 is 14.3. The third-order valence-corrected chi connectivity index (χ3v) is 5.27. The summed E-state index contributed by atoms with van der Waals surface area (Å²) >= 11 is 0. The Morgan fingerprint density at radius 3 is 2.89 bits per heavy atom. The van der Waals surface area contributed by atoms with Crippen LogP contribution in [-0.2, 0) is 19.5 Å². The van der Waals surface area contributed by atoms with Crippen molar-refractivity contribution in [1.82, 2.24) is 20.1 Å². The molecule has 5 heteroatoms. The number of hydrogen-bond acceptors (Lipinski definition) is 3. The molecule has 0 saturated heterocycles. The van der Waals surface area contributed by atoms with Crippen LogP contribution in [-0.4, -0.2) is 26.6 Å². The molecule has 0 radical (unpaired) electrons. The van der Waals surface area contributed by atoms with E-state index < -0.39 is 0 Å². The Morgan fingerprint density at radius 2 is 1.96 bits per heavy atom. The van der Waals surface area contributed by atoms with Crippen molar-refractivity contribution < 1.29 is 4.39 Å². The quantitative estimate of drug-likeness (QED) is 0.593. The van der Waals surface area contributed by atoms with E-state index in [-0.39, 0.29) is 5.82 Å². The van der Waals surface area contributed by atoms with Gasteiger partial charge in [-0.05, 0) is 29.8 Å². The van der Waals surface area contributed by atoms with Gasteiger partial charge in [-0.25, -0.2) is 4.39 Å². The van der Waals surface area contributed by atoms with Gasteiger partial charge in [-0.15, -0.1) is 0 Å². The Bertz CT molecular complexity index is 1110. The maximum absolute atomic E-state index is 14.3. The predicted octanol–water partition coefficient (Wildman–Crippen LogP) is 4.32. The fourth-order valence-electron chi connectivity index (χ4n) is 3.91. The van der Waals surface area contributed by atoms with Crippen LogP contribution >= 0.6 is 0 Å². The van der Waals surface area contributed by atoms with Gasteiger partial charge in [0, 0.05) is 54.5 Å². The highest BCUT2D eigenvalue weighted by Crippen LogP contribution is 2.31. The first-order valence-corrected chi connectivity index (χ1v) is 9.15. The average molecular weight is 358 g/mol. The molecule has 27 heavy (non-hydrogen) atoms. The molecule has 1 N–H and O–H groups in total. The summed E-state index contributed by atoms with van der Waals surface area (Å²) in [6, 6.07) is 17.2. The molecule has 0 bridgehead atoms. The lowest BCUT2D eigenvalue weighted by Crippen LogP contribution is -2.30. The van der Waals surface area contributed by atoms with Crippen LogP contribution in [0.2, 0.25) is 0 Å². The van der Waals surface area contributed by atoms with Gasteiger partial charge >= 0.3 is 0 Å². The zero-order valence-electron chi connectivity index (χ0n) is 14.8. The molecule has 2 aromatic heterocycles. The lowest BCUT2D eigenvalue weighted by molar-refractivity contribution is 0.246. The van der Waals surface area contributed by atoms with Gasteiger partial charge in [-0.2, -0.15) is 5.10 Å². The number of nitrogens with zero attached hydrogens (tertiary/aromatic N) is 3. The zero-order chi connectivity index (χ0) is 18.2. The number of rotatable bonds is 3. The minimum absolute atomic E-state index is 0.232. The number of pyridine rings is 1. The van der Waals surface area contributed by atoms with Gasteiger partial charge in [-0.3, -0.25) is 15.0 Å². The second kappa shape index (κ2) is 6.59. The van der Waals surface area contributed by atoms with Crippen molar-refractivity contribution >= 4 is 10.9 Å². The number of aromatic nitrogens is 3. The van der Waals surface area contributed by atoms with Crippen LogP contribution < -0.4 is 0 Å². The number of benzene rings is 2. The first kappa shape index (κ1) is 16.1. The minimum atomic E-state index is -0.232. The molecule has 1 aliphatic heterocycles. The van der Waals surface area contributed by atoms with Crippen LogP contribution in [0.5, 0.6) is 0 Å². The van der Waals surface area contributed by atoms with Crippen molar-refractivity contribution in [3.8, 4) is 11.3 Å². The largest absolute Gasteiger partial charge is 0.294 e. The van der Waals surface area contributed by atoms with E-state index in [4.69, 9.17) is 0 Å². The molecule has 2 aromatic carbocycles. The summed E-state index contributed by atoms with van der Waals surface area (Å²) in [5, 5.41) is 8.72. The highest BCUT2D eigenvalue weighted by Gasteiger charge is 2.24. The average Bonchev–Trinajstić information content (AvgIpc) is 3.12. The molecule has 3 heterocycles. The first-order valence-electron chi connectivity index (χ1n) is 9.15. The monoisotopic (exact) mass is 358 g/mol. The van der Waals surface area contributed by atoms with Gasteiger partial charge < -0.3 is 0 Å². The molecule has 0 spiro atoms. The fourth-order valence-corrected chi connectivity index (χ4v) is 3.91. The summed E-state index contributed by atoms with van der Waals surface area (Å²) in [5.74, 6) is -0.232. The van der Waals surface area contributed by atoms with E-state index in [2.05, 4.69) is 38.3 Å². The zero-order valence-corrected chi connectivity index (χ0v) is 14.8. The fraction of sp³-hybridized carbons (Fsp3) is 0.182. The maximum Gasteiger partial charge on any atom is 0.132 e. The Kier molecular flexibility index (Phi) is 3.94. The van der Waals surface area contributed by atoms with Gasteiger partial charge in [0.05, 0.1) is 11.2 Å². The van der Waals surface area contributed by atoms with Crippen LogP contribution in [0.25, 0.3) is 22.2 Å². The van der Waals surface area contributed by atoms with E-state index in [9.17, 15) is 4.39 Å². The molecular formula is C22H19FN4. The Morgan fingerprint density at radius 1 is 1.04 bits per heavy atom. The molecule has 5 rings (SSSR count). The molecule has 4 aromatic rings. The predicted molar refractivity (Wildman–Crippen MR) is 104 cm³/mol. The Balaban J connectivity index is 1.46. The number of H-pyrrole nitrogens is 1. The smallest absolute Gasteiger partial charge is 0.132 e. The van der Waals surface area contributed by atoms with Crippen LogP contribution in [0.1, 0.15) is 16.8 Å². The third-order valence-electron chi connectivity index (χ3n) is 5.27. The molecular weight excluding hydrogens is 339 g/mol. The summed E-state index contributed by atoms with van der Waals surface area (Å²) in [6.07, 6.45) is 2.71. The van der Waals surface area contributed by atoms with Gasteiger partial charge in [0.15, 0.2) is 0 Å². The van der Waals surface area contributed by atoms with E-state index in [0.29, 0.717) is 5.56 Å². The van der Waals surface area contributed by atoms with Crippen LogP contribution in [0.15, 0.2) is 60.8 Å². The number of hydrogen-bond donors (Lipinski definition) is 1. The lowest BCUT2D eigenvalue weighted by atomic mass is 9.99. The first-order chi connectivity index (χ1) is 13.3. The molecule has 0 fully saturated rings. The second-order valence-corrected chi connectivity index (χ2v) is 6.96. The van der Waals surface area contributed by atoms with E-state index >= 15 is 0 Å². The number of aromatic amines is 1. The van der Waals surface area contributed by atoms with E-state index in [1.807, 2.05) is 24.4 Å². The summed E-state index contributed by atoms with van der Waals surface area (Å²) in [7, 11) is 0. The molecule has 0 amide bonds. The van der Waals surface area contributed by atoms with Crippen molar-refractivity contribution in [2.75, 3.05) is 6.54 Å². The summed E-state index contributed by atoms with van der Waals surface area (Å²) in [6.45, 7) is 2.54. The standard InChI is InChI=1S/C22H19FN4/c23-19-8-2-1-6-17(19)22-18-14-27(12-10-21(18)25-26-22)13-15-5-3-9-20-16(15)7-4-11-24-20/h1-9,11H,10,12-14H2,(H,25,26). The topological polar surface area (TPSA) is 44.8 Å². The third kappa shape index (κ3) is 2.90. The lowest BCUT2D eigenvalue weighted by Gasteiger charge is -2.27. The molecule has 0 saturated carbocycles. The van der Waals surface area contributed by atoms with Crippen molar-refractivity contribution in [3.63, 3.8) is 0 Å². The number of halogens is 1. The van der Waals surface area contributed by atoms with Crippen molar-refractivity contribution in [2.45, 2.75) is 19.5 Å². The summed E-state index contributed by atoms with van der Waals surface area (Å²) in [4.78, 5) is 6.84. The Hall–Kier alpha value is -3.05. The van der Waals surface area contributed by atoms with Gasteiger partial charge in [0.1, 0.15) is 5.82 Å². The Labute approximate surface area is 156 Å². The molecule has 1 aliphatic rings. The molecule has 134 valence electrons. The number of fused-ring (bicyclic) bond motifs is 2. The highest BCUT2D eigenvalue weighted by molar-refractivity contribution is 5.81. The number of nitrogens with one attached hydrogen (secondary N) is 1. The van der Waals surface area contributed by atoms with Gasteiger partial charge in [-0.1, -0.05) is 30.3 Å². The van der Waals surface area contributed by atoms with Crippen LogP contribution in [0.4, 0.5) is 4.39 Å². The highest BCUT2D eigenvalue weighted by atomic mass is 19.1. The van der Waals surface area contributed by atoms with Crippen LogP contribution in [0.3, 0.4) is 0 Å². The molecule has 0 aliphatic carbocycles. The van der Waals surface area contributed by atoms with Gasteiger partial charge in [0.2, 0.25) is 0 Å². The molecule has 0 atom stereocenters. The normalized spacial score (nSPS) is 14.4. The van der Waals surface area contributed by atoms with Crippen LogP contribution in [0, 0.1) is 5.82 Å². The van der Waals surface area contributed by atoms with Crippen molar-refractivity contribution in [1.29, 1.82) is 0 Å². The maximum atomic E-state index is 14.3. The van der Waals surface area contributed by atoms with Gasteiger partial charge in [0.25, 0.3) is 0 Å². The van der Waals surface area contributed by atoms with E-state index in [1.54, 1.807) is 12.1 Å². The van der Waals surface area contributed by atoms with Crippen molar-refractivity contribution in [3.05, 3.63) is 83.4 Å². The molecule has 4 nitrogen and oxygen atoms in total. The van der Waals surface area contributed by atoms with Crippen molar-refractivity contribution in [2.24, 2.45) is 0 Å². The van der Waals surface area contributed by atoms with E-state index in [1.165, 1.54) is 17.0 Å². The van der Waals surface area contributed by atoms with E-state index in [0.717, 1.165) is 48.5 Å². The SMILES string of the molecule is Fc1ccccc1-c1n[nH]c2c1CN(Cc1cccc3ncccc13)CC2. The molecule has 0 unspecified atom stereocenters. The minimum Gasteiger partial charge on any atom is -0.294 e. The summed E-state index contributed by atoms with van der Waals surface area (Å²) in [5.41, 5.74) is 5.79.